The number of esters is 1. The van der Waals surface area contributed by atoms with Crippen LogP contribution in [0.25, 0.3) is 0 Å². The van der Waals surface area contributed by atoms with Gasteiger partial charge in [0.05, 0.1) is 68.1 Å². The zero-order valence-electron chi connectivity index (χ0n) is 30.9. The highest BCUT2D eigenvalue weighted by Crippen LogP contribution is 2.39. The number of carboxylic acids is 1. The Labute approximate surface area is 314 Å². The lowest BCUT2D eigenvalue weighted by atomic mass is 9.79. The van der Waals surface area contributed by atoms with Crippen molar-refractivity contribution in [1.82, 2.24) is 5.32 Å². The van der Waals surface area contributed by atoms with E-state index in [1.54, 1.807) is 26.0 Å². The van der Waals surface area contributed by atoms with Crippen LogP contribution in [0.4, 0.5) is 0 Å². The third-order valence-electron chi connectivity index (χ3n) is 10.3. The summed E-state index contributed by atoms with van der Waals surface area (Å²) in [6.45, 7) is 7.12. The Morgan fingerprint density at radius 1 is 1.17 bits per heavy atom. The molecule has 0 amide bonds. The third kappa shape index (κ3) is 10.8. The SMILES string of the molecule is C=CC1C(OC2OC(CO)C(O)C(O)(O)C2OC(C)C)OC=C(C(=O)OC2CCCC2)C1C=CC1C[NH+](CCO)CC(C(=O)[O-])C1NC(N)=NCCCO. The van der Waals surface area contributed by atoms with Gasteiger partial charge in [-0.05, 0) is 46.0 Å². The van der Waals surface area contributed by atoms with Gasteiger partial charge in [0, 0.05) is 25.0 Å². The van der Waals surface area contributed by atoms with Crippen LogP contribution in [-0.4, -0.2) is 149 Å². The summed E-state index contributed by atoms with van der Waals surface area (Å²) >= 11 is 0. The van der Waals surface area contributed by atoms with Crippen LogP contribution in [0.15, 0.2) is 41.6 Å². The van der Waals surface area contributed by atoms with Crippen molar-refractivity contribution in [2.45, 2.75) is 101 Å². The predicted octanol–water partition coefficient (Wildman–Crippen LogP) is -4.22. The van der Waals surface area contributed by atoms with E-state index in [1.165, 1.54) is 12.3 Å². The van der Waals surface area contributed by atoms with Gasteiger partial charge in [-0.1, -0.05) is 18.2 Å². The molecule has 3 fully saturated rings. The second kappa shape index (κ2) is 20.1. The number of carbonyl (C=O) groups excluding carboxylic acids is 2. The standard InChI is InChI=1S/C36H58N4O14/c1-4-23-24(11-10-21-16-40(13-15-42)17-25(31(45)46)28(21)39-35(37)38-12-7-14-41)26(32(47)52-22-8-5-6-9-22)19-50-33(23)54-34-30(51-20(2)3)36(48,49)29(44)27(18-43)53-34/h4,10-11,19-25,27-30,33-34,41-44,48-49H,1,5-9,12-18H2,2-3H3,(H,45,46)(H3,37,38,39). The van der Waals surface area contributed by atoms with Crippen molar-refractivity contribution in [3.63, 3.8) is 0 Å². The molecule has 0 bridgehead atoms. The van der Waals surface area contributed by atoms with E-state index in [2.05, 4.69) is 16.9 Å². The van der Waals surface area contributed by atoms with Gasteiger partial charge in [-0.15, -0.1) is 6.58 Å². The zero-order valence-corrected chi connectivity index (χ0v) is 30.9. The second-order valence-corrected chi connectivity index (χ2v) is 14.5. The lowest BCUT2D eigenvalue weighted by Gasteiger charge is -2.48. The maximum atomic E-state index is 13.7. The number of hydrogen-bond acceptors (Lipinski definition) is 15. The Morgan fingerprint density at radius 2 is 1.89 bits per heavy atom. The Kier molecular flexibility index (Phi) is 16.2. The van der Waals surface area contributed by atoms with Crippen LogP contribution in [0.3, 0.4) is 0 Å². The number of aliphatic hydroxyl groups excluding tert-OH is 4. The van der Waals surface area contributed by atoms with Gasteiger partial charge >= 0.3 is 5.97 Å². The van der Waals surface area contributed by atoms with Gasteiger partial charge in [0.1, 0.15) is 24.9 Å². The minimum Gasteiger partial charge on any atom is -0.550 e. The maximum absolute atomic E-state index is 13.7. The van der Waals surface area contributed by atoms with E-state index in [4.69, 9.17) is 34.5 Å². The number of aliphatic hydroxyl groups is 6. The molecule has 4 aliphatic rings. The number of ether oxygens (including phenoxy) is 5. The molecule has 2 saturated heterocycles. The quantitative estimate of drug-likeness (QED) is 0.0169. The number of carbonyl (C=O) groups is 2. The highest BCUT2D eigenvalue weighted by Gasteiger charge is 2.57. The van der Waals surface area contributed by atoms with Gasteiger partial charge in [0.2, 0.25) is 12.1 Å². The van der Waals surface area contributed by atoms with E-state index < -0.39 is 91.0 Å². The largest absolute Gasteiger partial charge is 0.550 e. The van der Waals surface area contributed by atoms with Crippen LogP contribution in [-0.2, 0) is 33.3 Å². The first-order chi connectivity index (χ1) is 25.7. The highest BCUT2D eigenvalue weighted by molar-refractivity contribution is 5.89. The molecule has 0 radical (unpaired) electrons. The van der Waals surface area contributed by atoms with Crippen LogP contribution in [0.2, 0.25) is 0 Å². The first-order valence-electron chi connectivity index (χ1n) is 18.7. The average Bonchev–Trinajstić information content (AvgIpc) is 3.64. The van der Waals surface area contributed by atoms with Crippen LogP contribution < -0.4 is 21.1 Å². The minimum absolute atomic E-state index is 0.0197. The van der Waals surface area contributed by atoms with Gasteiger partial charge in [0.25, 0.3) is 0 Å². The van der Waals surface area contributed by atoms with Gasteiger partial charge in [-0.25, -0.2) is 4.79 Å². The summed E-state index contributed by atoms with van der Waals surface area (Å²) in [5, 5.41) is 76.7. The third-order valence-corrected chi connectivity index (χ3v) is 10.3. The number of guanidine groups is 1. The summed E-state index contributed by atoms with van der Waals surface area (Å²) in [6.07, 6.45) is 0.866. The number of likely N-dealkylation sites (tertiary alicyclic amines) is 1. The van der Waals surface area contributed by atoms with Crippen molar-refractivity contribution < 1.29 is 73.9 Å². The molecule has 10 N–H and O–H groups in total. The van der Waals surface area contributed by atoms with Crippen molar-refractivity contribution in [2.24, 2.45) is 34.4 Å². The molecule has 4 rings (SSSR count). The number of quaternary nitrogens is 1. The maximum Gasteiger partial charge on any atom is 0.338 e. The lowest BCUT2D eigenvalue weighted by molar-refractivity contribution is -0.911. The normalized spacial score (nSPS) is 34.7. The summed E-state index contributed by atoms with van der Waals surface area (Å²) in [4.78, 5) is 31.2. The fourth-order valence-corrected chi connectivity index (χ4v) is 7.52. The molecular formula is C36H58N4O14. The van der Waals surface area contributed by atoms with Crippen molar-refractivity contribution in [3.8, 4) is 0 Å². The van der Waals surface area contributed by atoms with E-state index >= 15 is 0 Å². The Balaban J connectivity index is 1.71. The highest BCUT2D eigenvalue weighted by atomic mass is 16.8. The summed E-state index contributed by atoms with van der Waals surface area (Å²) < 4.78 is 29.5. The first kappa shape index (κ1) is 43.6. The van der Waals surface area contributed by atoms with Crippen LogP contribution >= 0.6 is 0 Å². The summed E-state index contributed by atoms with van der Waals surface area (Å²) in [5.41, 5.74) is 6.27. The average molecular weight is 771 g/mol. The van der Waals surface area contributed by atoms with Crippen molar-refractivity contribution >= 4 is 17.9 Å². The van der Waals surface area contributed by atoms with Gasteiger partial charge < -0.3 is 80.2 Å². The molecule has 3 aliphatic heterocycles. The number of hydrogen-bond donors (Lipinski definition) is 9. The molecule has 18 nitrogen and oxygen atoms in total. The predicted molar refractivity (Wildman–Crippen MR) is 187 cm³/mol. The van der Waals surface area contributed by atoms with Crippen LogP contribution in [0.5, 0.6) is 0 Å². The lowest BCUT2D eigenvalue weighted by Crippen LogP contribution is -3.16. The fraction of sp³-hybridized carbons (Fsp3) is 0.750. The van der Waals surface area contributed by atoms with Gasteiger partial charge in [0.15, 0.2) is 18.4 Å². The first-order valence-corrected chi connectivity index (χ1v) is 18.7. The van der Waals surface area contributed by atoms with E-state index in [0.717, 1.165) is 17.7 Å². The topological polar surface area (TPSA) is 280 Å². The molecule has 0 aromatic rings. The van der Waals surface area contributed by atoms with Crippen molar-refractivity contribution in [3.05, 3.63) is 36.6 Å². The number of nitrogens with one attached hydrogen (secondary N) is 2. The number of nitrogens with two attached hydrogens (primary N) is 1. The molecule has 18 heteroatoms. The number of allylic oxidation sites excluding steroid dienone is 1. The Morgan fingerprint density at radius 3 is 2.50 bits per heavy atom. The molecule has 54 heavy (non-hydrogen) atoms. The smallest absolute Gasteiger partial charge is 0.338 e. The monoisotopic (exact) mass is 770 g/mol. The summed E-state index contributed by atoms with van der Waals surface area (Å²) in [6, 6.07) is -0.813. The molecule has 1 aliphatic carbocycles. The van der Waals surface area contributed by atoms with Crippen molar-refractivity contribution in [1.29, 1.82) is 0 Å². The molecule has 11 atom stereocenters. The number of nitrogens with zero attached hydrogens (tertiary/aromatic N) is 1. The number of carboxylic acid groups (broad SMARTS) is 1. The number of aliphatic carboxylic acids is 1. The molecule has 0 aromatic heterocycles. The molecule has 3 heterocycles. The molecule has 0 aromatic carbocycles. The zero-order chi connectivity index (χ0) is 39.6. The van der Waals surface area contributed by atoms with E-state index in [-0.39, 0.29) is 50.5 Å². The van der Waals surface area contributed by atoms with Crippen LogP contribution in [0, 0.1) is 23.7 Å². The van der Waals surface area contributed by atoms with E-state index in [0.29, 0.717) is 25.8 Å². The summed E-state index contributed by atoms with van der Waals surface area (Å²) in [5.74, 6) is -8.23. The van der Waals surface area contributed by atoms with Gasteiger partial charge in [-0.2, -0.15) is 0 Å². The number of piperidine rings is 1. The Bertz CT molecular complexity index is 1340. The fourth-order valence-electron chi connectivity index (χ4n) is 7.52. The molecule has 1 saturated carbocycles. The van der Waals surface area contributed by atoms with E-state index in [9.17, 15) is 40.2 Å². The Hall–Kier alpha value is -3.17. The van der Waals surface area contributed by atoms with Crippen molar-refractivity contribution in [2.75, 3.05) is 46.0 Å². The summed E-state index contributed by atoms with van der Waals surface area (Å²) in [7, 11) is 0. The van der Waals surface area contributed by atoms with Crippen LogP contribution in [0.1, 0.15) is 46.0 Å². The number of aliphatic imine (C=N–C) groups is 1. The second-order valence-electron chi connectivity index (χ2n) is 14.5. The van der Waals surface area contributed by atoms with Gasteiger partial charge in [-0.3, -0.25) is 4.99 Å². The minimum atomic E-state index is -2.91. The number of rotatable bonds is 17. The molecule has 0 spiro atoms. The molecule has 11 unspecified atom stereocenters. The molecular weight excluding hydrogens is 712 g/mol. The molecule has 306 valence electrons. The van der Waals surface area contributed by atoms with E-state index in [1.807, 2.05) is 0 Å².